The fourth-order valence-electron chi connectivity index (χ4n) is 2.78. The molecule has 1 aromatic carbocycles. The van der Waals surface area contributed by atoms with Crippen LogP contribution in [0.15, 0.2) is 24.3 Å². The number of rotatable bonds is 4. The largest absolute Gasteiger partial charge is 0.497 e. The predicted molar refractivity (Wildman–Crippen MR) is 72.8 cm³/mol. The molecule has 1 saturated heterocycles. The van der Waals surface area contributed by atoms with Crippen molar-refractivity contribution in [2.45, 2.75) is 25.4 Å². The summed E-state index contributed by atoms with van der Waals surface area (Å²) in [6, 6.07) is 7.95. The van der Waals surface area contributed by atoms with Gasteiger partial charge in [0.1, 0.15) is 11.9 Å². The molecule has 1 aromatic rings. The Balaban J connectivity index is 1.74. The molecular formula is C15H20N2O2. The van der Waals surface area contributed by atoms with E-state index >= 15 is 0 Å². The van der Waals surface area contributed by atoms with Crippen molar-refractivity contribution in [3.05, 3.63) is 29.8 Å². The van der Waals surface area contributed by atoms with E-state index in [9.17, 15) is 4.79 Å². The van der Waals surface area contributed by atoms with Gasteiger partial charge >= 0.3 is 0 Å². The molecule has 1 saturated carbocycles. The normalized spacial score (nSPS) is 23.5. The number of carbonyl (C=O) groups excluding carboxylic acids is 1. The van der Waals surface area contributed by atoms with Crippen LogP contribution < -0.4 is 10.1 Å². The maximum atomic E-state index is 12.0. The summed E-state index contributed by atoms with van der Waals surface area (Å²) in [6.07, 6.45) is 3.87. The summed E-state index contributed by atoms with van der Waals surface area (Å²) in [5, 5.41) is 3.30. The predicted octanol–water partition coefficient (Wildman–Crippen LogP) is 1.93. The monoisotopic (exact) mass is 260 g/mol. The smallest absolute Gasteiger partial charge is 0.238 e. The SMILES string of the molecule is COc1ccc(C2NCC(=O)N2CC2CCC2)cc1. The molecule has 0 bridgehead atoms. The number of hydrogen-bond donors (Lipinski definition) is 1. The van der Waals surface area contributed by atoms with E-state index in [0.29, 0.717) is 12.5 Å². The average molecular weight is 260 g/mol. The van der Waals surface area contributed by atoms with Gasteiger partial charge in [0.15, 0.2) is 0 Å². The van der Waals surface area contributed by atoms with Crippen LogP contribution in [0.1, 0.15) is 31.0 Å². The van der Waals surface area contributed by atoms with Crippen LogP contribution in [-0.2, 0) is 4.79 Å². The molecule has 1 amide bonds. The van der Waals surface area contributed by atoms with Crippen molar-refractivity contribution < 1.29 is 9.53 Å². The van der Waals surface area contributed by atoms with Gasteiger partial charge in [0.25, 0.3) is 0 Å². The Morgan fingerprint density at radius 3 is 2.63 bits per heavy atom. The van der Waals surface area contributed by atoms with Gasteiger partial charge in [0.2, 0.25) is 5.91 Å². The van der Waals surface area contributed by atoms with Gasteiger partial charge in [0.05, 0.1) is 13.7 Å². The van der Waals surface area contributed by atoms with E-state index in [1.165, 1.54) is 19.3 Å². The van der Waals surface area contributed by atoms with Crippen molar-refractivity contribution in [2.24, 2.45) is 5.92 Å². The Morgan fingerprint density at radius 2 is 2.05 bits per heavy atom. The second-order valence-electron chi connectivity index (χ2n) is 5.40. The van der Waals surface area contributed by atoms with Crippen LogP contribution in [0.3, 0.4) is 0 Å². The Kier molecular flexibility index (Phi) is 3.42. The molecule has 1 aliphatic carbocycles. The van der Waals surface area contributed by atoms with Crippen molar-refractivity contribution >= 4 is 5.91 Å². The minimum atomic E-state index is 0.0269. The number of carbonyl (C=O) groups is 1. The first-order valence-corrected chi connectivity index (χ1v) is 6.95. The second kappa shape index (κ2) is 5.21. The maximum absolute atomic E-state index is 12.0. The highest BCUT2D eigenvalue weighted by atomic mass is 16.5. The van der Waals surface area contributed by atoms with Crippen LogP contribution >= 0.6 is 0 Å². The maximum Gasteiger partial charge on any atom is 0.238 e. The number of amides is 1. The number of benzene rings is 1. The van der Waals surface area contributed by atoms with Crippen LogP contribution in [0, 0.1) is 5.92 Å². The van der Waals surface area contributed by atoms with Crippen molar-refractivity contribution in [3.8, 4) is 5.75 Å². The first-order valence-electron chi connectivity index (χ1n) is 6.95. The molecule has 0 aromatic heterocycles. The van der Waals surface area contributed by atoms with Gasteiger partial charge in [-0.15, -0.1) is 0 Å². The molecule has 1 aliphatic heterocycles. The number of nitrogens with one attached hydrogen (secondary N) is 1. The van der Waals surface area contributed by atoms with Gasteiger partial charge in [-0.25, -0.2) is 0 Å². The minimum absolute atomic E-state index is 0.0269. The summed E-state index contributed by atoms with van der Waals surface area (Å²) in [6.45, 7) is 1.34. The van der Waals surface area contributed by atoms with E-state index in [1.54, 1.807) is 7.11 Å². The zero-order valence-electron chi connectivity index (χ0n) is 11.3. The third kappa shape index (κ3) is 2.45. The second-order valence-corrected chi connectivity index (χ2v) is 5.40. The number of methoxy groups -OCH3 is 1. The fraction of sp³-hybridized carbons (Fsp3) is 0.533. The molecule has 4 heteroatoms. The van der Waals surface area contributed by atoms with E-state index in [-0.39, 0.29) is 12.1 Å². The highest BCUT2D eigenvalue weighted by Crippen LogP contribution is 2.31. The molecule has 2 aliphatic rings. The molecular weight excluding hydrogens is 240 g/mol. The number of nitrogens with zero attached hydrogens (tertiary/aromatic N) is 1. The van der Waals surface area contributed by atoms with Gasteiger partial charge in [-0.2, -0.15) is 0 Å². The molecule has 1 N–H and O–H groups in total. The Morgan fingerprint density at radius 1 is 1.32 bits per heavy atom. The van der Waals surface area contributed by atoms with Crippen molar-refractivity contribution in [1.82, 2.24) is 10.2 Å². The first kappa shape index (κ1) is 12.5. The van der Waals surface area contributed by atoms with Gasteiger partial charge < -0.3 is 9.64 Å². The molecule has 1 atom stereocenters. The van der Waals surface area contributed by atoms with Crippen LogP contribution in [0.4, 0.5) is 0 Å². The molecule has 2 fully saturated rings. The lowest BCUT2D eigenvalue weighted by atomic mass is 9.85. The van der Waals surface area contributed by atoms with Gasteiger partial charge in [-0.1, -0.05) is 18.6 Å². The van der Waals surface area contributed by atoms with E-state index in [4.69, 9.17) is 4.74 Å². The van der Waals surface area contributed by atoms with E-state index < -0.39 is 0 Å². The van der Waals surface area contributed by atoms with Crippen molar-refractivity contribution in [3.63, 3.8) is 0 Å². The minimum Gasteiger partial charge on any atom is -0.497 e. The van der Waals surface area contributed by atoms with Crippen LogP contribution in [-0.4, -0.2) is 31.0 Å². The summed E-state index contributed by atoms with van der Waals surface area (Å²) < 4.78 is 5.17. The summed E-state index contributed by atoms with van der Waals surface area (Å²) in [4.78, 5) is 14.0. The van der Waals surface area contributed by atoms with Crippen molar-refractivity contribution in [2.75, 3.05) is 20.2 Å². The summed E-state index contributed by atoms with van der Waals surface area (Å²) in [5.74, 6) is 1.76. The molecule has 3 rings (SSSR count). The van der Waals surface area contributed by atoms with E-state index in [1.807, 2.05) is 29.2 Å². The van der Waals surface area contributed by atoms with Crippen LogP contribution in [0.2, 0.25) is 0 Å². The van der Waals surface area contributed by atoms with Crippen LogP contribution in [0.5, 0.6) is 5.75 Å². The number of ether oxygens (including phenoxy) is 1. The highest BCUT2D eigenvalue weighted by molar-refractivity contribution is 5.81. The molecule has 0 radical (unpaired) electrons. The Labute approximate surface area is 113 Å². The lowest BCUT2D eigenvalue weighted by molar-refractivity contribution is -0.129. The number of hydrogen-bond acceptors (Lipinski definition) is 3. The summed E-state index contributed by atoms with van der Waals surface area (Å²) in [7, 11) is 1.66. The van der Waals surface area contributed by atoms with Gasteiger partial charge in [0, 0.05) is 6.54 Å². The molecule has 19 heavy (non-hydrogen) atoms. The third-order valence-corrected chi connectivity index (χ3v) is 4.19. The molecule has 102 valence electrons. The first-order chi connectivity index (χ1) is 9.28. The molecule has 4 nitrogen and oxygen atoms in total. The zero-order chi connectivity index (χ0) is 13.2. The third-order valence-electron chi connectivity index (χ3n) is 4.19. The molecule has 0 spiro atoms. The van der Waals surface area contributed by atoms with E-state index in [0.717, 1.165) is 17.9 Å². The Hall–Kier alpha value is -1.55. The summed E-state index contributed by atoms with van der Waals surface area (Å²) in [5.41, 5.74) is 1.13. The summed E-state index contributed by atoms with van der Waals surface area (Å²) >= 11 is 0. The lowest BCUT2D eigenvalue weighted by Gasteiger charge is -2.33. The fourth-order valence-corrected chi connectivity index (χ4v) is 2.78. The molecule has 1 heterocycles. The highest BCUT2D eigenvalue weighted by Gasteiger charge is 2.34. The van der Waals surface area contributed by atoms with E-state index in [2.05, 4.69) is 5.32 Å². The quantitative estimate of drug-likeness (QED) is 0.899. The topological polar surface area (TPSA) is 41.6 Å². The zero-order valence-corrected chi connectivity index (χ0v) is 11.3. The lowest BCUT2D eigenvalue weighted by Crippen LogP contribution is -2.36. The standard InChI is InChI=1S/C15H20N2O2/c1-19-13-7-5-12(6-8-13)15-16-9-14(18)17(15)10-11-3-2-4-11/h5-8,11,15-16H,2-4,9-10H2,1H3. The van der Waals surface area contributed by atoms with Gasteiger partial charge in [-0.05, 0) is 36.5 Å². The molecule has 1 unspecified atom stereocenters. The van der Waals surface area contributed by atoms with Gasteiger partial charge in [-0.3, -0.25) is 10.1 Å². The van der Waals surface area contributed by atoms with Crippen molar-refractivity contribution in [1.29, 1.82) is 0 Å². The van der Waals surface area contributed by atoms with Crippen LogP contribution in [0.25, 0.3) is 0 Å². The Bertz CT molecular complexity index is 454. The average Bonchev–Trinajstić information content (AvgIpc) is 2.75.